The fourth-order valence-corrected chi connectivity index (χ4v) is 1.45. The second kappa shape index (κ2) is 5.07. The average molecular weight is 229 g/mol. The Morgan fingerprint density at radius 1 is 1.35 bits per heavy atom. The molecule has 0 amide bonds. The molecule has 0 atom stereocenters. The molecule has 1 aromatic carbocycles. The van der Waals surface area contributed by atoms with Gasteiger partial charge in [0.05, 0.1) is 13.3 Å². The van der Waals surface area contributed by atoms with Gasteiger partial charge < -0.3 is 9.94 Å². The summed E-state index contributed by atoms with van der Waals surface area (Å²) in [6, 6.07) is 7.21. The number of aromatic nitrogens is 2. The Hall–Kier alpha value is -2.43. The van der Waals surface area contributed by atoms with E-state index >= 15 is 0 Å². The lowest BCUT2D eigenvalue weighted by molar-refractivity contribution is 0.319. The van der Waals surface area contributed by atoms with Gasteiger partial charge in [0, 0.05) is 18.0 Å². The van der Waals surface area contributed by atoms with Crippen LogP contribution in [0.15, 0.2) is 48.0 Å². The summed E-state index contributed by atoms with van der Waals surface area (Å²) < 4.78 is 5.11. The minimum Gasteiger partial charge on any atom is -0.497 e. The number of methoxy groups -OCH3 is 1. The second-order valence-corrected chi connectivity index (χ2v) is 3.27. The smallest absolute Gasteiger partial charge is 0.137 e. The first-order valence-corrected chi connectivity index (χ1v) is 4.98. The SMILES string of the molecule is COc1cccc(/C(=N/O)c2cnccn2)c1. The van der Waals surface area contributed by atoms with Gasteiger partial charge in [-0.3, -0.25) is 9.97 Å². The molecule has 0 spiro atoms. The maximum absolute atomic E-state index is 9.08. The number of hydrogen-bond acceptors (Lipinski definition) is 5. The van der Waals surface area contributed by atoms with E-state index < -0.39 is 0 Å². The average Bonchev–Trinajstić information content (AvgIpc) is 2.41. The van der Waals surface area contributed by atoms with Gasteiger partial charge in [0.15, 0.2) is 0 Å². The Labute approximate surface area is 98.4 Å². The molecular formula is C12H11N3O2. The number of rotatable bonds is 3. The Balaban J connectivity index is 2.43. The summed E-state index contributed by atoms with van der Waals surface area (Å²) in [4.78, 5) is 8.02. The van der Waals surface area contributed by atoms with Crippen LogP contribution in [0.25, 0.3) is 0 Å². The van der Waals surface area contributed by atoms with Gasteiger partial charge in [-0.2, -0.15) is 0 Å². The Morgan fingerprint density at radius 3 is 2.88 bits per heavy atom. The van der Waals surface area contributed by atoms with Gasteiger partial charge in [-0.05, 0) is 12.1 Å². The molecular weight excluding hydrogens is 218 g/mol. The summed E-state index contributed by atoms with van der Waals surface area (Å²) in [7, 11) is 1.58. The molecule has 5 nitrogen and oxygen atoms in total. The van der Waals surface area contributed by atoms with Gasteiger partial charge in [-0.25, -0.2) is 0 Å². The van der Waals surface area contributed by atoms with E-state index in [0.717, 1.165) is 0 Å². The van der Waals surface area contributed by atoms with Crippen LogP contribution in [0.2, 0.25) is 0 Å². The molecule has 17 heavy (non-hydrogen) atoms. The van der Waals surface area contributed by atoms with Gasteiger partial charge in [-0.1, -0.05) is 17.3 Å². The molecule has 0 fully saturated rings. The van der Waals surface area contributed by atoms with Crippen LogP contribution in [-0.4, -0.2) is 28.0 Å². The number of benzene rings is 1. The zero-order valence-electron chi connectivity index (χ0n) is 9.24. The van der Waals surface area contributed by atoms with Crippen molar-refractivity contribution >= 4 is 5.71 Å². The van der Waals surface area contributed by atoms with Crippen LogP contribution in [0.4, 0.5) is 0 Å². The van der Waals surface area contributed by atoms with E-state index in [2.05, 4.69) is 15.1 Å². The second-order valence-electron chi connectivity index (χ2n) is 3.27. The molecule has 2 aromatic rings. The van der Waals surface area contributed by atoms with Gasteiger partial charge in [0.25, 0.3) is 0 Å². The summed E-state index contributed by atoms with van der Waals surface area (Å²) in [6.45, 7) is 0. The molecule has 0 aliphatic carbocycles. The molecule has 0 radical (unpaired) electrons. The first-order valence-electron chi connectivity index (χ1n) is 4.98. The summed E-state index contributed by atoms with van der Waals surface area (Å²) in [5.41, 5.74) is 1.58. The topological polar surface area (TPSA) is 67.6 Å². The third-order valence-corrected chi connectivity index (χ3v) is 2.25. The zero-order chi connectivity index (χ0) is 12.1. The molecule has 5 heteroatoms. The Kier molecular flexibility index (Phi) is 3.30. The van der Waals surface area contributed by atoms with Crippen molar-refractivity contribution in [2.75, 3.05) is 7.11 Å². The summed E-state index contributed by atoms with van der Waals surface area (Å²) in [5, 5.41) is 12.3. The van der Waals surface area contributed by atoms with Crippen molar-refractivity contribution in [1.82, 2.24) is 9.97 Å². The van der Waals surface area contributed by atoms with E-state index in [1.807, 2.05) is 18.2 Å². The van der Waals surface area contributed by atoms with E-state index in [1.54, 1.807) is 25.6 Å². The van der Waals surface area contributed by atoms with E-state index in [0.29, 0.717) is 22.7 Å². The van der Waals surface area contributed by atoms with E-state index in [1.165, 1.54) is 6.20 Å². The number of oxime groups is 1. The minimum absolute atomic E-state index is 0.358. The molecule has 2 rings (SSSR count). The third kappa shape index (κ3) is 2.39. The highest BCUT2D eigenvalue weighted by Gasteiger charge is 2.09. The van der Waals surface area contributed by atoms with Gasteiger partial charge in [0.2, 0.25) is 0 Å². The largest absolute Gasteiger partial charge is 0.497 e. The molecule has 0 saturated heterocycles. The molecule has 1 heterocycles. The number of hydrogen-bond donors (Lipinski definition) is 1. The summed E-state index contributed by atoms with van der Waals surface area (Å²) in [6.07, 6.45) is 4.64. The van der Waals surface area contributed by atoms with Crippen molar-refractivity contribution in [2.24, 2.45) is 5.16 Å². The number of nitrogens with zero attached hydrogens (tertiary/aromatic N) is 3. The van der Waals surface area contributed by atoms with Crippen molar-refractivity contribution in [3.8, 4) is 5.75 Å². The molecule has 0 aliphatic heterocycles. The molecule has 0 saturated carbocycles. The molecule has 0 aliphatic rings. The van der Waals surface area contributed by atoms with Crippen molar-refractivity contribution in [3.63, 3.8) is 0 Å². The van der Waals surface area contributed by atoms with Gasteiger partial charge in [0.1, 0.15) is 17.2 Å². The summed E-state index contributed by atoms with van der Waals surface area (Å²) >= 11 is 0. The molecule has 0 unspecified atom stereocenters. The van der Waals surface area contributed by atoms with E-state index in [-0.39, 0.29) is 0 Å². The highest BCUT2D eigenvalue weighted by atomic mass is 16.5. The third-order valence-electron chi connectivity index (χ3n) is 2.25. The molecule has 1 N–H and O–H groups in total. The van der Waals surface area contributed by atoms with Crippen molar-refractivity contribution in [3.05, 3.63) is 54.1 Å². The highest BCUT2D eigenvalue weighted by molar-refractivity contribution is 6.11. The fraction of sp³-hybridized carbons (Fsp3) is 0.0833. The quantitative estimate of drug-likeness (QED) is 0.494. The van der Waals surface area contributed by atoms with Crippen LogP contribution < -0.4 is 4.74 Å². The van der Waals surface area contributed by atoms with Crippen LogP contribution >= 0.6 is 0 Å². The lowest BCUT2D eigenvalue weighted by atomic mass is 10.1. The maximum atomic E-state index is 9.08. The standard InChI is InChI=1S/C12H11N3O2/c1-17-10-4-2-3-9(7-10)12(15-16)11-8-13-5-6-14-11/h2-8,16H,1H3/b15-12-. The first kappa shape index (κ1) is 11.1. The molecule has 0 bridgehead atoms. The van der Waals surface area contributed by atoms with Crippen LogP contribution in [-0.2, 0) is 0 Å². The van der Waals surface area contributed by atoms with Crippen molar-refractivity contribution < 1.29 is 9.94 Å². The van der Waals surface area contributed by atoms with Crippen molar-refractivity contribution in [2.45, 2.75) is 0 Å². The minimum atomic E-state index is 0.358. The maximum Gasteiger partial charge on any atom is 0.137 e. The van der Waals surface area contributed by atoms with Crippen LogP contribution in [0.3, 0.4) is 0 Å². The van der Waals surface area contributed by atoms with Crippen molar-refractivity contribution in [1.29, 1.82) is 0 Å². The lowest BCUT2D eigenvalue weighted by Crippen LogP contribution is -2.06. The van der Waals surface area contributed by atoms with Gasteiger partial charge in [-0.15, -0.1) is 0 Å². The predicted octanol–water partition coefficient (Wildman–Crippen LogP) is 1.71. The normalized spacial score (nSPS) is 11.2. The highest BCUT2D eigenvalue weighted by Crippen LogP contribution is 2.15. The fourth-order valence-electron chi connectivity index (χ4n) is 1.45. The van der Waals surface area contributed by atoms with E-state index in [4.69, 9.17) is 9.94 Å². The van der Waals surface area contributed by atoms with Gasteiger partial charge >= 0.3 is 0 Å². The van der Waals surface area contributed by atoms with E-state index in [9.17, 15) is 0 Å². The van der Waals surface area contributed by atoms with Crippen LogP contribution in [0.1, 0.15) is 11.3 Å². The Bertz CT molecular complexity index is 526. The van der Waals surface area contributed by atoms with Crippen LogP contribution in [0, 0.1) is 0 Å². The van der Waals surface area contributed by atoms with Crippen LogP contribution in [0.5, 0.6) is 5.75 Å². The molecule has 1 aromatic heterocycles. The first-order chi connectivity index (χ1) is 8.35. The lowest BCUT2D eigenvalue weighted by Gasteiger charge is -2.05. The predicted molar refractivity (Wildman–Crippen MR) is 62.5 cm³/mol. The zero-order valence-corrected chi connectivity index (χ0v) is 9.24. The summed E-state index contributed by atoms with van der Waals surface area (Å²) in [5.74, 6) is 0.688. The number of ether oxygens (including phenoxy) is 1. The monoisotopic (exact) mass is 229 g/mol. The Morgan fingerprint density at radius 2 is 2.24 bits per heavy atom. The molecule has 86 valence electrons.